The Balaban J connectivity index is 1.04. The molecule has 4 aromatic carbocycles. The molecular weight excluding hydrogens is 855 g/mol. The number of anilines is 4. The minimum Gasteiger partial charge on any atom is -0.493 e. The third-order valence-corrected chi connectivity index (χ3v) is 12.1. The van der Waals surface area contributed by atoms with E-state index in [0.29, 0.717) is 83.1 Å². The first-order chi connectivity index (χ1) is 32.3. The number of nitrogens with two attached hydrogens (primary N) is 2. The molecular formula is C50H51N9O8. The van der Waals surface area contributed by atoms with Crippen LogP contribution in [-0.2, 0) is 12.0 Å². The summed E-state index contributed by atoms with van der Waals surface area (Å²) in [6, 6.07) is 21.2. The zero-order valence-electron chi connectivity index (χ0n) is 38.1. The molecule has 2 aliphatic heterocycles. The van der Waals surface area contributed by atoms with Crippen molar-refractivity contribution in [3.8, 4) is 29.2 Å². The maximum absolute atomic E-state index is 14.2. The summed E-state index contributed by atoms with van der Waals surface area (Å²) in [5.74, 6) is 1.22. The number of aromatic nitrogens is 2. The molecule has 0 radical (unpaired) electrons. The number of benzene rings is 4. The second-order valence-corrected chi connectivity index (χ2v) is 16.3. The lowest BCUT2D eigenvalue weighted by atomic mass is 9.79. The van der Waals surface area contributed by atoms with Crippen molar-refractivity contribution in [3.05, 3.63) is 134 Å². The summed E-state index contributed by atoms with van der Waals surface area (Å²) in [5.41, 5.74) is 14.6. The molecule has 2 aliphatic rings. The van der Waals surface area contributed by atoms with Crippen molar-refractivity contribution in [2.45, 2.75) is 38.6 Å². The summed E-state index contributed by atoms with van der Waals surface area (Å²) < 4.78 is 29.9. The van der Waals surface area contributed by atoms with Gasteiger partial charge in [0.05, 0.1) is 20.8 Å². The Bertz CT molecular complexity index is 3020. The van der Waals surface area contributed by atoms with Gasteiger partial charge in [0.25, 0.3) is 11.8 Å². The number of nitrogens with one attached hydrogen (secondary N) is 1. The number of nitrogens with zero attached hydrogens (tertiary/aromatic N) is 6. The number of rotatable bonds is 16. The van der Waals surface area contributed by atoms with Crippen molar-refractivity contribution in [1.82, 2.24) is 20.2 Å². The first-order valence-corrected chi connectivity index (χ1v) is 21.8. The molecule has 8 rings (SSSR count). The molecule has 17 heteroatoms. The fraction of sp³-hybridized carbons (Fsp3) is 0.280. The number of fused-ring (bicyclic) bond motifs is 5. The highest BCUT2D eigenvalue weighted by atomic mass is 16.5. The minimum atomic E-state index is -1.59. The highest BCUT2D eigenvalue weighted by molar-refractivity contribution is 6.05. The molecule has 67 heavy (non-hydrogen) atoms. The summed E-state index contributed by atoms with van der Waals surface area (Å²) in [5, 5.41) is 14.4. The number of hydrogen-bond acceptors (Lipinski definition) is 15. The molecule has 4 heterocycles. The highest BCUT2D eigenvalue weighted by Gasteiger charge is 2.54. The van der Waals surface area contributed by atoms with Crippen molar-refractivity contribution in [3.63, 3.8) is 0 Å². The molecule has 0 saturated heterocycles. The average molecular weight is 906 g/mol. The Hall–Kier alpha value is -8.26. The van der Waals surface area contributed by atoms with Crippen LogP contribution in [0.25, 0.3) is 16.7 Å². The highest BCUT2D eigenvalue weighted by Crippen LogP contribution is 2.53. The maximum atomic E-state index is 14.2. The second kappa shape index (κ2) is 18.7. The van der Waals surface area contributed by atoms with Gasteiger partial charge in [-0.1, -0.05) is 6.07 Å². The third kappa shape index (κ3) is 8.45. The van der Waals surface area contributed by atoms with Crippen molar-refractivity contribution in [2.24, 2.45) is 0 Å². The second-order valence-electron chi connectivity index (χ2n) is 16.3. The smallest absolute Gasteiger partial charge is 0.347 e. The van der Waals surface area contributed by atoms with Crippen LogP contribution < -0.4 is 51.2 Å². The number of hydrogen-bond donors (Lipinski definition) is 3. The Morgan fingerprint density at radius 3 is 2.34 bits per heavy atom. The van der Waals surface area contributed by atoms with E-state index < -0.39 is 17.1 Å². The van der Waals surface area contributed by atoms with E-state index >= 15 is 0 Å². The van der Waals surface area contributed by atoms with Gasteiger partial charge in [0, 0.05) is 103 Å². The van der Waals surface area contributed by atoms with Crippen molar-refractivity contribution in [2.75, 3.05) is 75.8 Å². The van der Waals surface area contributed by atoms with Gasteiger partial charge in [-0.2, -0.15) is 10.2 Å². The molecule has 0 fully saturated rings. The van der Waals surface area contributed by atoms with Crippen molar-refractivity contribution >= 4 is 51.7 Å². The predicted octanol–water partition coefficient (Wildman–Crippen LogP) is 6.47. The molecule has 5 N–H and O–H groups in total. The summed E-state index contributed by atoms with van der Waals surface area (Å²) in [6.45, 7) is 6.28. The number of ether oxygens (including phenoxy) is 4. The van der Waals surface area contributed by atoms with E-state index in [-0.39, 0.29) is 40.1 Å². The normalized spacial score (nSPS) is 14.7. The van der Waals surface area contributed by atoms with E-state index in [4.69, 9.17) is 34.8 Å². The number of carbonyl (C=O) groups is 2. The quantitative estimate of drug-likeness (QED) is 0.0538. The molecule has 0 aliphatic carbocycles. The molecule has 17 nitrogen and oxygen atoms in total. The van der Waals surface area contributed by atoms with Crippen LogP contribution in [0.15, 0.2) is 94.3 Å². The van der Waals surface area contributed by atoms with E-state index in [0.717, 1.165) is 34.9 Å². The lowest BCUT2D eigenvalue weighted by Gasteiger charge is -2.37. The molecule has 344 valence electrons. The third-order valence-electron chi connectivity index (χ3n) is 12.1. The predicted molar refractivity (Wildman–Crippen MR) is 255 cm³/mol. The molecule has 6 aromatic rings. The molecule has 2 aromatic heterocycles. The topological polar surface area (TPSA) is 225 Å². The van der Waals surface area contributed by atoms with Crippen molar-refractivity contribution < 1.29 is 33.0 Å². The van der Waals surface area contributed by atoms with Gasteiger partial charge in [-0.25, -0.2) is 14.7 Å². The Kier molecular flexibility index (Phi) is 12.6. The zero-order chi connectivity index (χ0) is 47.6. The van der Waals surface area contributed by atoms with Gasteiger partial charge in [0.1, 0.15) is 34.0 Å². The first-order valence-electron chi connectivity index (χ1n) is 21.8. The number of amides is 2. The van der Waals surface area contributed by atoms with Gasteiger partial charge in [0.15, 0.2) is 17.7 Å². The fourth-order valence-corrected chi connectivity index (χ4v) is 8.59. The molecule has 1 spiro atoms. The Morgan fingerprint density at radius 2 is 1.66 bits per heavy atom. The zero-order valence-corrected chi connectivity index (χ0v) is 38.1. The lowest BCUT2D eigenvalue weighted by Crippen LogP contribution is -2.42. The number of nitrogen functional groups attached to an aromatic ring is 2. The number of unbranched alkanes of at least 4 members (excludes halogenated alkanes) is 1. The molecule has 1 unspecified atom stereocenters. The summed E-state index contributed by atoms with van der Waals surface area (Å²) >= 11 is 0. The van der Waals surface area contributed by atoms with E-state index in [1.165, 1.54) is 0 Å². The van der Waals surface area contributed by atoms with Crippen LogP contribution in [0.4, 0.5) is 23.1 Å². The van der Waals surface area contributed by atoms with Crippen LogP contribution in [0.1, 0.15) is 75.2 Å². The number of nitriles is 1. The van der Waals surface area contributed by atoms with Gasteiger partial charge in [-0.15, -0.1) is 0 Å². The van der Waals surface area contributed by atoms with Gasteiger partial charge >= 0.3 is 5.63 Å². The maximum Gasteiger partial charge on any atom is 0.347 e. The molecule has 0 saturated carbocycles. The fourth-order valence-electron chi connectivity index (χ4n) is 8.59. The van der Waals surface area contributed by atoms with Crippen LogP contribution in [0.5, 0.6) is 23.0 Å². The van der Waals surface area contributed by atoms with Crippen LogP contribution in [-0.4, -0.2) is 81.2 Å². The van der Waals surface area contributed by atoms with Gasteiger partial charge < -0.3 is 49.9 Å². The Morgan fingerprint density at radius 1 is 0.910 bits per heavy atom. The first kappa shape index (κ1) is 45.3. The van der Waals surface area contributed by atoms with Gasteiger partial charge in [-0.05, 0) is 92.9 Å². The molecule has 2 amide bonds. The largest absolute Gasteiger partial charge is 0.493 e. The summed E-state index contributed by atoms with van der Waals surface area (Å²) in [7, 11) is 6.83. The standard InChI is InChI=1S/C50H51N9O8/c1-7-58(8-2)34-13-11-30-22-36(48(62)67-39(30)25-34)43-26-50(37-16-14-33(57(3)4)24-40(37)66-43)38-23-31(12-15-35(38)47(61)59(50)28-51)46(60)54-17-9-10-18-65-44-41(63-5)20-29(21-42(44)64-6)19-32-27-55-49(53)56-45(32)52/h11-16,20-27H,7-10,17-19H2,1-6H3,(H,54,60)(H4,52,53,55,56). The average Bonchev–Trinajstić information content (AvgIpc) is 3.55. The SMILES string of the molecule is CCN(CC)c1ccc2cc(C3=CC4(c5ccc(N(C)C)cc5O3)c3cc(C(=O)NCCCCOc5c(OC)cc(Cc6cnc(N)nc6N)cc5OC)ccc3C(=O)N4C#N)c(=O)oc2c1. The molecule has 0 bridgehead atoms. The van der Waals surface area contributed by atoms with E-state index in [2.05, 4.69) is 40.2 Å². The Labute approximate surface area is 387 Å². The minimum absolute atomic E-state index is 0.0921. The van der Waals surface area contributed by atoms with Crippen LogP contribution in [0.3, 0.4) is 0 Å². The lowest BCUT2D eigenvalue weighted by molar-refractivity contribution is 0.0791. The van der Waals surface area contributed by atoms with Gasteiger partial charge in [0.2, 0.25) is 11.7 Å². The van der Waals surface area contributed by atoms with Crippen LogP contribution >= 0.6 is 0 Å². The van der Waals surface area contributed by atoms with E-state index in [9.17, 15) is 19.6 Å². The molecule has 1 atom stereocenters. The van der Waals surface area contributed by atoms with Crippen LogP contribution in [0, 0.1) is 11.5 Å². The monoisotopic (exact) mass is 905 g/mol. The summed E-state index contributed by atoms with van der Waals surface area (Å²) in [6.07, 6.45) is 6.85. The van der Waals surface area contributed by atoms with Crippen molar-refractivity contribution in [1.29, 1.82) is 5.26 Å². The van der Waals surface area contributed by atoms with Crippen LogP contribution in [0.2, 0.25) is 0 Å². The van der Waals surface area contributed by atoms with E-state index in [1.807, 2.05) is 55.4 Å². The van der Waals surface area contributed by atoms with Gasteiger partial charge in [-0.3, -0.25) is 9.59 Å². The number of carbonyl (C=O) groups excluding carboxylic acids is 2. The van der Waals surface area contributed by atoms with E-state index in [1.54, 1.807) is 62.9 Å². The number of methoxy groups -OCH3 is 2. The summed E-state index contributed by atoms with van der Waals surface area (Å²) in [4.78, 5) is 55.1.